The van der Waals surface area contributed by atoms with Crippen LogP contribution < -0.4 is 5.32 Å². The minimum atomic E-state index is -0.300. The Labute approximate surface area is 100.0 Å². The fourth-order valence-electron chi connectivity index (χ4n) is 1.29. The highest BCUT2D eigenvalue weighted by Crippen LogP contribution is 2.05. The predicted octanol–water partition coefficient (Wildman–Crippen LogP) is 1.73. The van der Waals surface area contributed by atoms with Crippen molar-refractivity contribution in [1.29, 1.82) is 0 Å². The number of nitrogens with one attached hydrogen (secondary N) is 1. The van der Waals surface area contributed by atoms with Crippen LogP contribution in [-0.2, 0) is 4.79 Å². The van der Waals surface area contributed by atoms with Gasteiger partial charge in [0, 0.05) is 12.5 Å². The Hall–Kier alpha value is -1.68. The van der Waals surface area contributed by atoms with Gasteiger partial charge in [0.25, 0.3) is 0 Å². The first-order chi connectivity index (χ1) is 8.11. The minimum Gasteiger partial charge on any atom is -0.394 e. The van der Waals surface area contributed by atoms with E-state index in [1.807, 2.05) is 0 Å². The summed E-state index contributed by atoms with van der Waals surface area (Å²) in [7, 11) is 0. The van der Waals surface area contributed by atoms with Crippen LogP contribution in [0.2, 0.25) is 0 Å². The third kappa shape index (κ3) is 5.26. The molecule has 1 rings (SSSR count). The zero-order valence-corrected chi connectivity index (χ0v) is 9.69. The lowest BCUT2D eigenvalue weighted by Crippen LogP contribution is -2.34. The summed E-state index contributed by atoms with van der Waals surface area (Å²) in [6.45, 7) is 1.63. The fourth-order valence-corrected chi connectivity index (χ4v) is 1.29. The molecule has 0 saturated heterocycles. The van der Waals surface area contributed by atoms with Crippen molar-refractivity contribution in [3.8, 4) is 0 Å². The third-order valence-corrected chi connectivity index (χ3v) is 2.14. The van der Waals surface area contributed by atoms with E-state index in [2.05, 4.69) is 5.32 Å². The molecule has 4 heteroatoms. The van der Waals surface area contributed by atoms with Crippen molar-refractivity contribution >= 4 is 12.0 Å². The molecular weight excluding hydrogens is 221 g/mol. The Balaban J connectivity index is 2.42. The van der Waals surface area contributed by atoms with Crippen molar-refractivity contribution < 1.29 is 14.3 Å². The van der Waals surface area contributed by atoms with Gasteiger partial charge in [0.1, 0.15) is 5.82 Å². The standard InChI is InChI=1S/C13H16FNO2/c1-10(9-16)15-13(17)7-3-5-11-4-2-6-12(14)8-11/h2-6,8,10,16H,7,9H2,1H3,(H,15,17)/b5-3+. The molecule has 0 saturated carbocycles. The van der Waals surface area contributed by atoms with Crippen LogP contribution in [0.3, 0.4) is 0 Å². The Morgan fingerprint density at radius 2 is 2.35 bits per heavy atom. The van der Waals surface area contributed by atoms with Crippen molar-refractivity contribution in [3.63, 3.8) is 0 Å². The lowest BCUT2D eigenvalue weighted by Gasteiger charge is -2.08. The number of amides is 1. The number of carbonyl (C=O) groups excluding carboxylic acids is 1. The van der Waals surface area contributed by atoms with Gasteiger partial charge in [-0.3, -0.25) is 4.79 Å². The van der Waals surface area contributed by atoms with E-state index >= 15 is 0 Å². The maximum absolute atomic E-state index is 12.8. The summed E-state index contributed by atoms with van der Waals surface area (Å²) in [5, 5.41) is 11.4. The van der Waals surface area contributed by atoms with E-state index in [1.54, 1.807) is 31.2 Å². The van der Waals surface area contributed by atoms with Gasteiger partial charge in [-0.1, -0.05) is 24.3 Å². The molecule has 1 aromatic rings. The van der Waals surface area contributed by atoms with Gasteiger partial charge in [0.15, 0.2) is 0 Å². The molecule has 92 valence electrons. The maximum Gasteiger partial charge on any atom is 0.224 e. The van der Waals surface area contributed by atoms with E-state index in [-0.39, 0.29) is 30.8 Å². The van der Waals surface area contributed by atoms with Crippen LogP contribution in [0, 0.1) is 5.82 Å². The van der Waals surface area contributed by atoms with E-state index in [4.69, 9.17) is 5.11 Å². The Bertz CT molecular complexity index is 404. The van der Waals surface area contributed by atoms with Gasteiger partial charge in [0.05, 0.1) is 6.61 Å². The molecule has 0 heterocycles. The number of carbonyl (C=O) groups is 1. The number of hydrogen-bond acceptors (Lipinski definition) is 2. The van der Waals surface area contributed by atoms with Crippen LogP contribution >= 0.6 is 0 Å². The number of benzene rings is 1. The molecule has 0 bridgehead atoms. The van der Waals surface area contributed by atoms with E-state index in [0.29, 0.717) is 5.56 Å². The highest BCUT2D eigenvalue weighted by atomic mass is 19.1. The number of aliphatic hydroxyl groups is 1. The first kappa shape index (κ1) is 13.4. The number of halogens is 1. The number of hydrogen-bond donors (Lipinski definition) is 2. The Morgan fingerprint density at radius 3 is 3.00 bits per heavy atom. The molecule has 1 unspecified atom stereocenters. The second-order valence-corrected chi connectivity index (χ2v) is 3.81. The third-order valence-electron chi connectivity index (χ3n) is 2.14. The maximum atomic E-state index is 12.8. The van der Waals surface area contributed by atoms with Gasteiger partial charge >= 0.3 is 0 Å². The molecule has 0 radical (unpaired) electrons. The molecule has 0 aliphatic rings. The van der Waals surface area contributed by atoms with E-state index in [9.17, 15) is 9.18 Å². The van der Waals surface area contributed by atoms with Gasteiger partial charge < -0.3 is 10.4 Å². The van der Waals surface area contributed by atoms with Crippen LogP contribution in [0.5, 0.6) is 0 Å². The first-order valence-corrected chi connectivity index (χ1v) is 5.44. The molecule has 0 aliphatic heterocycles. The molecular formula is C13H16FNO2. The van der Waals surface area contributed by atoms with E-state index in [0.717, 1.165) is 0 Å². The lowest BCUT2D eigenvalue weighted by atomic mass is 10.2. The monoisotopic (exact) mass is 237 g/mol. The lowest BCUT2D eigenvalue weighted by molar-refractivity contribution is -0.121. The molecule has 1 atom stereocenters. The zero-order chi connectivity index (χ0) is 12.7. The van der Waals surface area contributed by atoms with Crippen LogP contribution in [-0.4, -0.2) is 23.7 Å². The minimum absolute atomic E-state index is 0.0840. The topological polar surface area (TPSA) is 49.3 Å². The van der Waals surface area contributed by atoms with Crippen LogP contribution in [0.25, 0.3) is 6.08 Å². The van der Waals surface area contributed by atoms with Crippen LogP contribution in [0.15, 0.2) is 30.3 Å². The number of rotatable bonds is 5. The average molecular weight is 237 g/mol. The Morgan fingerprint density at radius 1 is 1.59 bits per heavy atom. The van der Waals surface area contributed by atoms with Crippen molar-refractivity contribution in [1.82, 2.24) is 5.32 Å². The van der Waals surface area contributed by atoms with Crippen molar-refractivity contribution in [2.24, 2.45) is 0 Å². The predicted molar refractivity (Wildman–Crippen MR) is 64.7 cm³/mol. The normalized spacial score (nSPS) is 12.6. The summed E-state index contributed by atoms with van der Waals surface area (Å²) >= 11 is 0. The highest BCUT2D eigenvalue weighted by molar-refractivity contribution is 5.78. The number of aliphatic hydroxyl groups excluding tert-OH is 1. The summed E-state index contributed by atoms with van der Waals surface area (Å²) in [5.41, 5.74) is 0.716. The van der Waals surface area contributed by atoms with Crippen molar-refractivity contribution in [3.05, 3.63) is 41.7 Å². The van der Waals surface area contributed by atoms with Gasteiger partial charge in [-0.15, -0.1) is 0 Å². The summed E-state index contributed by atoms with van der Waals surface area (Å²) < 4.78 is 12.8. The van der Waals surface area contributed by atoms with Crippen molar-refractivity contribution in [2.45, 2.75) is 19.4 Å². The molecule has 0 aromatic heterocycles. The smallest absolute Gasteiger partial charge is 0.224 e. The molecule has 1 amide bonds. The SMILES string of the molecule is CC(CO)NC(=O)C/C=C/c1cccc(F)c1. The summed E-state index contributed by atoms with van der Waals surface area (Å²) in [6, 6.07) is 5.89. The van der Waals surface area contributed by atoms with Gasteiger partial charge in [0.2, 0.25) is 5.91 Å². The first-order valence-electron chi connectivity index (χ1n) is 5.44. The van der Waals surface area contributed by atoms with Crippen LogP contribution in [0.4, 0.5) is 4.39 Å². The quantitative estimate of drug-likeness (QED) is 0.819. The Kier molecular flexibility index (Phi) is 5.36. The molecule has 3 nitrogen and oxygen atoms in total. The highest BCUT2D eigenvalue weighted by Gasteiger charge is 2.03. The summed E-state index contributed by atoms with van der Waals surface area (Å²) in [6.07, 6.45) is 3.56. The molecule has 0 fully saturated rings. The zero-order valence-electron chi connectivity index (χ0n) is 9.69. The molecule has 17 heavy (non-hydrogen) atoms. The molecule has 1 aromatic carbocycles. The van der Waals surface area contributed by atoms with E-state index in [1.165, 1.54) is 12.1 Å². The average Bonchev–Trinajstić information content (AvgIpc) is 2.29. The molecule has 0 spiro atoms. The second kappa shape index (κ2) is 6.81. The molecule has 2 N–H and O–H groups in total. The fraction of sp³-hybridized carbons (Fsp3) is 0.308. The van der Waals surface area contributed by atoms with Crippen molar-refractivity contribution in [2.75, 3.05) is 6.61 Å². The van der Waals surface area contributed by atoms with Gasteiger partial charge in [-0.2, -0.15) is 0 Å². The van der Waals surface area contributed by atoms with Gasteiger partial charge in [-0.25, -0.2) is 4.39 Å². The second-order valence-electron chi connectivity index (χ2n) is 3.81. The molecule has 0 aliphatic carbocycles. The van der Waals surface area contributed by atoms with Crippen LogP contribution in [0.1, 0.15) is 18.9 Å². The largest absolute Gasteiger partial charge is 0.394 e. The van der Waals surface area contributed by atoms with Gasteiger partial charge in [-0.05, 0) is 24.6 Å². The van der Waals surface area contributed by atoms with E-state index < -0.39 is 0 Å². The summed E-state index contributed by atoms with van der Waals surface area (Å²) in [4.78, 5) is 11.3. The summed E-state index contributed by atoms with van der Waals surface area (Å²) in [5.74, 6) is -0.468.